The van der Waals surface area contributed by atoms with E-state index in [1.165, 1.54) is 6.92 Å². The third kappa shape index (κ3) is 7.46. The number of rotatable bonds is 8. The summed E-state index contributed by atoms with van der Waals surface area (Å²) < 4.78 is 10.2. The molecule has 138 valence electrons. The van der Waals surface area contributed by atoms with Gasteiger partial charge in [0.05, 0.1) is 0 Å². The van der Waals surface area contributed by atoms with Crippen LogP contribution >= 0.6 is 23.2 Å². The highest BCUT2D eigenvalue weighted by Crippen LogP contribution is 2.14. The van der Waals surface area contributed by atoms with E-state index in [-0.39, 0.29) is 12.8 Å². The maximum Gasteiger partial charge on any atom is 0.309 e. The number of halogens is 2. The van der Waals surface area contributed by atoms with Crippen LogP contribution < -0.4 is 0 Å². The van der Waals surface area contributed by atoms with Gasteiger partial charge in [-0.3, -0.25) is 9.59 Å². The largest absolute Gasteiger partial charge is 0.425 e. The highest BCUT2D eigenvalue weighted by atomic mass is 35.5. The average Bonchev–Trinajstić information content (AvgIpc) is 2.58. The fraction of sp³-hybridized carbons (Fsp3) is 0.300. The van der Waals surface area contributed by atoms with E-state index in [4.69, 9.17) is 32.7 Å². The smallest absolute Gasteiger partial charge is 0.309 e. The van der Waals surface area contributed by atoms with E-state index in [2.05, 4.69) is 0 Å². The maximum atomic E-state index is 11.8. The predicted octanol–water partition coefficient (Wildman–Crippen LogP) is 4.99. The minimum atomic E-state index is -0.922. The van der Waals surface area contributed by atoms with Gasteiger partial charge in [-0.1, -0.05) is 47.5 Å². The van der Waals surface area contributed by atoms with Crippen LogP contribution in [0.1, 0.15) is 30.9 Å². The first-order valence-electron chi connectivity index (χ1n) is 8.30. The Morgan fingerprint density at radius 1 is 0.846 bits per heavy atom. The molecule has 26 heavy (non-hydrogen) atoms. The molecule has 0 fully saturated rings. The molecule has 0 radical (unpaired) electrons. The fourth-order valence-electron chi connectivity index (χ4n) is 2.39. The normalized spacial score (nSPS) is 10.6. The molecule has 0 atom stereocenters. The van der Waals surface area contributed by atoms with Crippen molar-refractivity contribution in [1.29, 1.82) is 0 Å². The molecule has 0 aliphatic carbocycles. The summed E-state index contributed by atoms with van der Waals surface area (Å²) >= 11 is 11.8. The Bertz CT molecular complexity index is 697. The molecular formula is C20H20Cl2O4. The molecule has 0 aliphatic heterocycles. The molecule has 2 aromatic carbocycles. The van der Waals surface area contributed by atoms with Gasteiger partial charge in [0.1, 0.15) is 0 Å². The van der Waals surface area contributed by atoms with Gasteiger partial charge in [0.2, 0.25) is 6.29 Å². The standard InChI is InChI=1S/C20H20Cl2O4/c1-14(25-19(23)10-8-15-4-2-6-17(21)12-15)26-20(24)11-9-16-5-3-7-18(22)13-16/h2-7,12-14H,8-11H2,1H3. The van der Waals surface area contributed by atoms with Crippen LogP contribution in [-0.4, -0.2) is 18.2 Å². The third-order valence-corrected chi connectivity index (χ3v) is 4.08. The zero-order chi connectivity index (χ0) is 18.9. The molecule has 4 nitrogen and oxygen atoms in total. The number of hydrogen-bond donors (Lipinski definition) is 0. The lowest BCUT2D eigenvalue weighted by Gasteiger charge is -2.14. The predicted molar refractivity (Wildman–Crippen MR) is 101 cm³/mol. The second kappa shape index (κ2) is 10.2. The summed E-state index contributed by atoms with van der Waals surface area (Å²) in [6, 6.07) is 14.6. The van der Waals surface area contributed by atoms with Crippen molar-refractivity contribution in [3.05, 3.63) is 69.7 Å². The number of aryl methyl sites for hydroxylation is 2. The topological polar surface area (TPSA) is 52.6 Å². The average molecular weight is 395 g/mol. The SMILES string of the molecule is CC(OC(=O)CCc1cccc(Cl)c1)OC(=O)CCc1cccc(Cl)c1. The first-order valence-corrected chi connectivity index (χ1v) is 9.06. The van der Waals surface area contributed by atoms with Crippen LogP contribution in [0.15, 0.2) is 48.5 Å². The Labute approximate surface area is 163 Å². The van der Waals surface area contributed by atoms with Gasteiger partial charge in [0, 0.05) is 29.8 Å². The van der Waals surface area contributed by atoms with Crippen LogP contribution in [0.2, 0.25) is 10.0 Å². The van der Waals surface area contributed by atoms with E-state index >= 15 is 0 Å². The molecule has 0 aliphatic rings. The summed E-state index contributed by atoms with van der Waals surface area (Å²) in [5, 5.41) is 1.25. The van der Waals surface area contributed by atoms with Crippen molar-refractivity contribution in [2.75, 3.05) is 0 Å². The summed E-state index contributed by atoms with van der Waals surface area (Å²) in [6.07, 6.45) is 0.466. The van der Waals surface area contributed by atoms with Gasteiger partial charge in [-0.05, 0) is 48.2 Å². The first-order chi connectivity index (χ1) is 12.4. The molecule has 0 aromatic heterocycles. The molecule has 0 saturated carbocycles. The van der Waals surface area contributed by atoms with Crippen LogP contribution in [-0.2, 0) is 31.9 Å². The zero-order valence-corrected chi connectivity index (χ0v) is 15.9. The van der Waals surface area contributed by atoms with Crippen LogP contribution in [0.4, 0.5) is 0 Å². The first kappa shape index (κ1) is 20.3. The molecule has 0 N–H and O–H groups in total. The lowest BCUT2D eigenvalue weighted by atomic mass is 10.1. The number of hydrogen-bond acceptors (Lipinski definition) is 4. The molecule has 0 heterocycles. The summed E-state index contributed by atoms with van der Waals surface area (Å²) in [6.45, 7) is 1.52. The van der Waals surface area contributed by atoms with Gasteiger partial charge in [-0.2, -0.15) is 0 Å². The van der Waals surface area contributed by atoms with E-state index in [0.29, 0.717) is 22.9 Å². The minimum Gasteiger partial charge on any atom is -0.425 e. The van der Waals surface area contributed by atoms with Gasteiger partial charge in [0.25, 0.3) is 0 Å². The molecule has 0 saturated heterocycles. The molecule has 6 heteroatoms. The second-order valence-electron chi connectivity index (χ2n) is 5.81. The quantitative estimate of drug-likeness (QED) is 0.467. The maximum absolute atomic E-state index is 11.8. The van der Waals surface area contributed by atoms with Crippen molar-refractivity contribution in [2.45, 2.75) is 38.9 Å². The van der Waals surface area contributed by atoms with Crippen molar-refractivity contribution in [3.63, 3.8) is 0 Å². The number of esters is 2. The van der Waals surface area contributed by atoms with Crippen molar-refractivity contribution in [1.82, 2.24) is 0 Å². The zero-order valence-electron chi connectivity index (χ0n) is 14.4. The van der Waals surface area contributed by atoms with E-state index < -0.39 is 18.2 Å². The molecule has 2 rings (SSSR count). The Kier molecular flexibility index (Phi) is 7.95. The third-order valence-electron chi connectivity index (χ3n) is 3.61. The lowest BCUT2D eigenvalue weighted by Crippen LogP contribution is -2.22. The van der Waals surface area contributed by atoms with Crippen molar-refractivity contribution < 1.29 is 19.1 Å². The van der Waals surface area contributed by atoms with Gasteiger partial charge in [0.15, 0.2) is 0 Å². The summed E-state index contributed by atoms with van der Waals surface area (Å²) in [5.74, 6) is -0.861. The number of carbonyl (C=O) groups is 2. The Balaban J connectivity index is 1.69. The van der Waals surface area contributed by atoms with Gasteiger partial charge in [-0.25, -0.2) is 0 Å². The number of ether oxygens (including phenoxy) is 2. The van der Waals surface area contributed by atoms with Crippen LogP contribution in [0.25, 0.3) is 0 Å². The fourth-order valence-corrected chi connectivity index (χ4v) is 2.82. The summed E-state index contributed by atoms with van der Waals surface area (Å²) in [4.78, 5) is 23.7. The molecular weight excluding hydrogens is 375 g/mol. The molecule has 0 unspecified atom stereocenters. The van der Waals surface area contributed by atoms with E-state index in [1.807, 2.05) is 24.3 Å². The van der Waals surface area contributed by atoms with Crippen molar-refractivity contribution in [3.8, 4) is 0 Å². The summed E-state index contributed by atoms with van der Waals surface area (Å²) in [5.41, 5.74) is 1.89. The molecule has 0 amide bonds. The summed E-state index contributed by atoms with van der Waals surface area (Å²) in [7, 11) is 0. The highest BCUT2D eigenvalue weighted by molar-refractivity contribution is 6.30. The molecule has 0 spiro atoms. The Morgan fingerprint density at radius 3 is 1.65 bits per heavy atom. The number of benzene rings is 2. The lowest BCUT2D eigenvalue weighted by molar-refractivity contribution is -0.184. The van der Waals surface area contributed by atoms with Gasteiger partial charge in [-0.15, -0.1) is 0 Å². The Hall–Kier alpha value is -2.04. The Morgan fingerprint density at radius 2 is 1.27 bits per heavy atom. The van der Waals surface area contributed by atoms with Crippen LogP contribution in [0, 0.1) is 0 Å². The van der Waals surface area contributed by atoms with Gasteiger partial charge >= 0.3 is 11.9 Å². The van der Waals surface area contributed by atoms with E-state index in [9.17, 15) is 9.59 Å². The monoisotopic (exact) mass is 394 g/mol. The van der Waals surface area contributed by atoms with E-state index in [0.717, 1.165) is 11.1 Å². The van der Waals surface area contributed by atoms with Crippen LogP contribution in [0.5, 0.6) is 0 Å². The van der Waals surface area contributed by atoms with Crippen molar-refractivity contribution in [2.24, 2.45) is 0 Å². The highest BCUT2D eigenvalue weighted by Gasteiger charge is 2.14. The van der Waals surface area contributed by atoms with E-state index in [1.54, 1.807) is 24.3 Å². The number of carbonyl (C=O) groups excluding carboxylic acids is 2. The molecule has 2 aromatic rings. The van der Waals surface area contributed by atoms with Crippen molar-refractivity contribution >= 4 is 35.1 Å². The van der Waals surface area contributed by atoms with Crippen LogP contribution in [0.3, 0.4) is 0 Å². The minimum absolute atomic E-state index is 0.185. The molecule has 0 bridgehead atoms. The van der Waals surface area contributed by atoms with Gasteiger partial charge < -0.3 is 9.47 Å². The second-order valence-corrected chi connectivity index (χ2v) is 6.68.